The molecule has 0 nitrogen and oxygen atoms in total. The molecular formula is C13H16. The normalized spacial score (nSPS) is 9.54. The van der Waals surface area contributed by atoms with E-state index in [0.717, 1.165) is 19.3 Å². The predicted molar refractivity (Wildman–Crippen MR) is 58.7 cm³/mol. The van der Waals surface area contributed by atoms with Crippen LogP contribution in [-0.2, 0) is 6.42 Å². The summed E-state index contributed by atoms with van der Waals surface area (Å²) in [7, 11) is 0. The van der Waals surface area contributed by atoms with Crippen LogP contribution in [0.3, 0.4) is 0 Å². The molecule has 0 aromatic heterocycles. The predicted octanol–water partition coefficient (Wildman–Crippen LogP) is 3.75. The van der Waals surface area contributed by atoms with Crippen molar-refractivity contribution in [2.75, 3.05) is 0 Å². The van der Waals surface area contributed by atoms with Gasteiger partial charge in [-0.05, 0) is 24.8 Å². The minimum atomic E-state index is 0.937. The molecule has 0 aliphatic rings. The third kappa shape index (κ3) is 3.75. The van der Waals surface area contributed by atoms with Gasteiger partial charge in [-0.15, -0.1) is 6.58 Å². The molecule has 0 heteroatoms. The summed E-state index contributed by atoms with van der Waals surface area (Å²) >= 11 is 0. The van der Waals surface area contributed by atoms with Gasteiger partial charge >= 0.3 is 0 Å². The molecule has 0 spiro atoms. The molecule has 0 atom stereocenters. The molecule has 1 rings (SSSR count). The first-order valence-corrected chi connectivity index (χ1v) is 4.64. The number of hydrogen-bond acceptors (Lipinski definition) is 0. The summed E-state index contributed by atoms with van der Waals surface area (Å²) in [4.78, 5) is 0. The van der Waals surface area contributed by atoms with E-state index in [2.05, 4.69) is 37.4 Å². The van der Waals surface area contributed by atoms with Gasteiger partial charge in [-0.3, -0.25) is 0 Å². The van der Waals surface area contributed by atoms with Crippen molar-refractivity contribution in [2.45, 2.75) is 19.3 Å². The van der Waals surface area contributed by atoms with Crippen LogP contribution in [0.4, 0.5) is 0 Å². The minimum absolute atomic E-state index is 0.937. The van der Waals surface area contributed by atoms with E-state index in [1.807, 2.05) is 12.1 Å². The van der Waals surface area contributed by atoms with Crippen molar-refractivity contribution in [3.8, 4) is 0 Å². The molecule has 0 N–H and O–H groups in total. The van der Waals surface area contributed by atoms with Crippen molar-refractivity contribution in [2.24, 2.45) is 0 Å². The zero-order valence-electron chi connectivity index (χ0n) is 8.00. The quantitative estimate of drug-likeness (QED) is 0.593. The molecule has 0 saturated carbocycles. The molecule has 0 radical (unpaired) electrons. The summed E-state index contributed by atoms with van der Waals surface area (Å²) in [6.07, 6.45) is 5.00. The third-order valence-corrected chi connectivity index (χ3v) is 2.04. The van der Waals surface area contributed by atoms with Crippen molar-refractivity contribution in [1.82, 2.24) is 0 Å². The smallest absolute Gasteiger partial charge is 0.0144 e. The molecule has 1 aromatic rings. The molecule has 0 saturated heterocycles. The Labute approximate surface area is 80.6 Å². The molecular weight excluding hydrogens is 156 g/mol. The Morgan fingerprint density at radius 2 is 1.92 bits per heavy atom. The SMILES string of the molecule is C=CCC(=C)CCc1ccccc1. The van der Waals surface area contributed by atoms with Crippen molar-refractivity contribution < 1.29 is 0 Å². The molecule has 68 valence electrons. The van der Waals surface area contributed by atoms with E-state index < -0.39 is 0 Å². The molecule has 13 heavy (non-hydrogen) atoms. The second-order valence-electron chi connectivity index (χ2n) is 3.23. The fourth-order valence-corrected chi connectivity index (χ4v) is 1.27. The van der Waals surface area contributed by atoms with Crippen molar-refractivity contribution in [3.05, 3.63) is 60.7 Å². The Kier molecular flexibility index (Phi) is 4.04. The topological polar surface area (TPSA) is 0 Å². The number of rotatable bonds is 5. The standard InChI is InChI=1S/C13H16/c1-3-7-12(2)10-11-13-8-5-4-6-9-13/h3-6,8-9H,1-2,7,10-11H2. The van der Waals surface area contributed by atoms with Crippen molar-refractivity contribution in [3.63, 3.8) is 0 Å². The Morgan fingerprint density at radius 1 is 1.23 bits per heavy atom. The second-order valence-corrected chi connectivity index (χ2v) is 3.23. The van der Waals surface area contributed by atoms with E-state index in [9.17, 15) is 0 Å². The number of aryl methyl sites for hydroxylation is 1. The van der Waals surface area contributed by atoms with Gasteiger partial charge in [-0.25, -0.2) is 0 Å². The Bertz CT molecular complexity index is 269. The lowest BCUT2D eigenvalue weighted by Gasteiger charge is -2.02. The molecule has 0 aliphatic heterocycles. The van der Waals surface area contributed by atoms with Gasteiger partial charge in [0.1, 0.15) is 0 Å². The third-order valence-electron chi connectivity index (χ3n) is 2.04. The summed E-state index contributed by atoms with van der Waals surface area (Å²) in [5.41, 5.74) is 2.64. The highest BCUT2D eigenvalue weighted by molar-refractivity contribution is 5.16. The van der Waals surface area contributed by atoms with Gasteiger partial charge in [0.2, 0.25) is 0 Å². The summed E-state index contributed by atoms with van der Waals surface area (Å²) in [5, 5.41) is 0. The zero-order valence-corrected chi connectivity index (χ0v) is 8.00. The minimum Gasteiger partial charge on any atom is -0.103 e. The molecule has 0 heterocycles. The van der Waals surface area contributed by atoms with Crippen LogP contribution in [0.1, 0.15) is 18.4 Å². The lowest BCUT2D eigenvalue weighted by molar-refractivity contribution is 0.916. The second kappa shape index (κ2) is 5.36. The number of benzene rings is 1. The van der Waals surface area contributed by atoms with Crippen LogP contribution >= 0.6 is 0 Å². The van der Waals surface area contributed by atoms with E-state index in [-0.39, 0.29) is 0 Å². The zero-order chi connectivity index (χ0) is 9.52. The fraction of sp³-hybridized carbons (Fsp3) is 0.231. The van der Waals surface area contributed by atoms with Gasteiger partial charge < -0.3 is 0 Å². The van der Waals surface area contributed by atoms with Gasteiger partial charge in [0.25, 0.3) is 0 Å². The Balaban J connectivity index is 2.35. The summed E-state index contributed by atoms with van der Waals surface area (Å²) in [6.45, 7) is 7.68. The molecule has 0 amide bonds. The molecule has 0 fully saturated rings. The van der Waals surface area contributed by atoms with Crippen molar-refractivity contribution in [1.29, 1.82) is 0 Å². The van der Waals surface area contributed by atoms with Crippen LogP contribution in [0.5, 0.6) is 0 Å². The maximum absolute atomic E-state index is 3.99. The van der Waals surface area contributed by atoms with E-state index in [4.69, 9.17) is 0 Å². The number of hydrogen-bond donors (Lipinski definition) is 0. The van der Waals surface area contributed by atoms with Crippen LogP contribution in [0.2, 0.25) is 0 Å². The summed E-state index contributed by atoms with van der Waals surface area (Å²) in [6, 6.07) is 10.5. The van der Waals surface area contributed by atoms with Crippen LogP contribution in [0, 0.1) is 0 Å². The molecule has 0 bridgehead atoms. The average molecular weight is 172 g/mol. The van der Waals surface area contributed by atoms with E-state index in [0.29, 0.717) is 0 Å². The monoisotopic (exact) mass is 172 g/mol. The van der Waals surface area contributed by atoms with Crippen LogP contribution in [-0.4, -0.2) is 0 Å². The Hall–Kier alpha value is -1.30. The fourth-order valence-electron chi connectivity index (χ4n) is 1.27. The first-order chi connectivity index (χ1) is 6.33. The number of allylic oxidation sites excluding steroid dienone is 2. The van der Waals surface area contributed by atoms with Gasteiger partial charge in [0, 0.05) is 0 Å². The highest BCUT2D eigenvalue weighted by atomic mass is 14.0. The molecule has 0 aliphatic carbocycles. The largest absolute Gasteiger partial charge is 0.103 e. The van der Waals surface area contributed by atoms with Crippen LogP contribution < -0.4 is 0 Å². The van der Waals surface area contributed by atoms with Gasteiger partial charge in [-0.2, -0.15) is 0 Å². The maximum Gasteiger partial charge on any atom is -0.0144 e. The summed E-state index contributed by atoms with van der Waals surface area (Å²) in [5.74, 6) is 0. The first kappa shape index (κ1) is 9.79. The lowest BCUT2D eigenvalue weighted by atomic mass is 10.0. The van der Waals surface area contributed by atoms with Gasteiger partial charge in [0.15, 0.2) is 0 Å². The van der Waals surface area contributed by atoms with Crippen molar-refractivity contribution >= 4 is 0 Å². The van der Waals surface area contributed by atoms with E-state index in [1.165, 1.54) is 11.1 Å². The van der Waals surface area contributed by atoms with E-state index >= 15 is 0 Å². The lowest BCUT2D eigenvalue weighted by Crippen LogP contribution is -1.86. The van der Waals surface area contributed by atoms with Crippen LogP contribution in [0.15, 0.2) is 55.1 Å². The van der Waals surface area contributed by atoms with Gasteiger partial charge in [-0.1, -0.05) is 48.6 Å². The van der Waals surface area contributed by atoms with Crippen LogP contribution in [0.25, 0.3) is 0 Å². The highest BCUT2D eigenvalue weighted by Crippen LogP contribution is 2.10. The van der Waals surface area contributed by atoms with E-state index in [1.54, 1.807) is 0 Å². The Morgan fingerprint density at radius 3 is 2.54 bits per heavy atom. The molecule has 1 aromatic carbocycles. The average Bonchev–Trinajstić information content (AvgIpc) is 2.17. The maximum atomic E-state index is 3.99. The molecule has 0 unspecified atom stereocenters. The first-order valence-electron chi connectivity index (χ1n) is 4.64. The summed E-state index contributed by atoms with van der Waals surface area (Å²) < 4.78 is 0. The van der Waals surface area contributed by atoms with Gasteiger partial charge in [0.05, 0.1) is 0 Å². The highest BCUT2D eigenvalue weighted by Gasteiger charge is 1.93.